The lowest BCUT2D eigenvalue weighted by atomic mass is 9.98. The van der Waals surface area contributed by atoms with Crippen molar-refractivity contribution < 1.29 is 9.59 Å². The molecule has 0 aliphatic carbocycles. The monoisotopic (exact) mass is 456 g/mol. The zero-order valence-corrected chi connectivity index (χ0v) is 19.5. The van der Waals surface area contributed by atoms with Crippen molar-refractivity contribution in [2.75, 3.05) is 4.90 Å². The van der Waals surface area contributed by atoms with Gasteiger partial charge in [-0.15, -0.1) is 5.10 Å². The summed E-state index contributed by atoms with van der Waals surface area (Å²) in [6, 6.07) is 19.3. The highest BCUT2D eigenvalue weighted by Gasteiger charge is 2.35. The Morgan fingerprint density at radius 2 is 1.68 bits per heavy atom. The smallest absolute Gasteiger partial charge is 0.249 e. The largest absolute Gasteiger partial charge is 0.349 e. The van der Waals surface area contributed by atoms with Gasteiger partial charge in [0, 0.05) is 23.6 Å². The van der Waals surface area contributed by atoms with Gasteiger partial charge in [-0.3, -0.25) is 19.5 Å². The summed E-state index contributed by atoms with van der Waals surface area (Å²) in [4.78, 5) is 33.2. The standard InChI is InChI=1S/C26H28N6O2/c1-4-26(2,3)28-25(34)24(19-14-16-27-17-15-19)32(20-10-6-5-7-11-20)23(33)18-31-22-13-9-8-12-21(22)29-30-31/h5-17,24H,4,18H2,1-3H3,(H,28,34)/t24-/m1/s1. The van der Waals surface area contributed by atoms with Crippen LogP contribution in [0.5, 0.6) is 0 Å². The van der Waals surface area contributed by atoms with E-state index in [1.807, 2.05) is 75.4 Å². The fourth-order valence-electron chi connectivity index (χ4n) is 3.72. The van der Waals surface area contributed by atoms with Gasteiger partial charge in [0.15, 0.2) is 0 Å². The predicted octanol–water partition coefficient (Wildman–Crippen LogP) is 3.91. The first kappa shape index (κ1) is 23.1. The van der Waals surface area contributed by atoms with Gasteiger partial charge in [-0.05, 0) is 62.2 Å². The van der Waals surface area contributed by atoms with Crippen LogP contribution >= 0.6 is 0 Å². The minimum atomic E-state index is -0.890. The molecule has 2 aromatic carbocycles. The molecule has 0 unspecified atom stereocenters. The van der Waals surface area contributed by atoms with Gasteiger partial charge in [-0.1, -0.05) is 42.5 Å². The van der Waals surface area contributed by atoms with Gasteiger partial charge >= 0.3 is 0 Å². The van der Waals surface area contributed by atoms with E-state index in [2.05, 4.69) is 20.6 Å². The van der Waals surface area contributed by atoms with E-state index in [4.69, 9.17) is 0 Å². The third-order valence-electron chi connectivity index (χ3n) is 5.88. The van der Waals surface area contributed by atoms with Crippen molar-refractivity contribution in [3.05, 3.63) is 84.7 Å². The minimum Gasteiger partial charge on any atom is -0.349 e. The maximum Gasteiger partial charge on any atom is 0.249 e. The first-order chi connectivity index (χ1) is 16.4. The Kier molecular flexibility index (Phi) is 6.67. The molecule has 0 bridgehead atoms. The van der Waals surface area contributed by atoms with Crippen molar-refractivity contribution >= 4 is 28.5 Å². The Hall–Kier alpha value is -4.07. The molecule has 174 valence electrons. The fourth-order valence-corrected chi connectivity index (χ4v) is 3.72. The molecule has 8 nitrogen and oxygen atoms in total. The van der Waals surface area contributed by atoms with Crippen LogP contribution in [0.3, 0.4) is 0 Å². The number of carbonyl (C=O) groups is 2. The SMILES string of the molecule is CCC(C)(C)NC(=O)[C@@H](c1ccncc1)N(C(=O)Cn1nnc2ccccc21)c1ccccc1. The lowest BCUT2D eigenvalue weighted by Gasteiger charge is -2.34. The molecule has 0 radical (unpaired) electrons. The van der Waals surface area contributed by atoms with Crippen molar-refractivity contribution in [1.29, 1.82) is 0 Å². The Morgan fingerprint density at radius 1 is 1.00 bits per heavy atom. The van der Waals surface area contributed by atoms with Gasteiger partial charge in [-0.2, -0.15) is 0 Å². The maximum absolute atomic E-state index is 13.9. The van der Waals surface area contributed by atoms with E-state index < -0.39 is 11.6 Å². The van der Waals surface area contributed by atoms with Gasteiger partial charge in [0.1, 0.15) is 18.1 Å². The van der Waals surface area contributed by atoms with Crippen molar-refractivity contribution in [2.24, 2.45) is 0 Å². The second-order valence-corrected chi connectivity index (χ2v) is 8.74. The number of nitrogens with one attached hydrogen (secondary N) is 1. The van der Waals surface area contributed by atoms with Crippen LogP contribution < -0.4 is 10.2 Å². The van der Waals surface area contributed by atoms with Crippen molar-refractivity contribution in [1.82, 2.24) is 25.3 Å². The normalized spacial score (nSPS) is 12.3. The summed E-state index contributed by atoms with van der Waals surface area (Å²) in [5, 5.41) is 11.4. The van der Waals surface area contributed by atoms with Crippen LogP contribution in [0.25, 0.3) is 11.0 Å². The number of rotatable bonds is 8. The van der Waals surface area contributed by atoms with E-state index in [1.54, 1.807) is 29.2 Å². The average molecular weight is 457 g/mol. The number of nitrogens with zero attached hydrogens (tertiary/aromatic N) is 5. The summed E-state index contributed by atoms with van der Waals surface area (Å²) < 4.78 is 1.56. The molecule has 2 aromatic heterocycles. The molecule has 1 atom stereocenters. The number of carbonyl (C=O) groups excluding carboxylic acids is 2. The molecular formula is C26H28N6O2. The van der Waals surface area contributed by atoms with Crippen LogP contribution in [0.15, 0.2) is 79.1 Å². The molecule has 0 saturated carbocycles. The lowest BCUT2D eigenvalue weighted by molar-refractivity contribution is -0.128. The number of hydrogen-bond donors (Lipinski definition) is 1. The van der Waals surface area contributed by atoms with E-state index in [0.717, 1.165) is 11.9 Å². The molecule has 4 rings (SSSR count). The van der Waals surface area contributed by atoms with Gasteiger partial charge < -0.3 is 5.32 Å². The molecule has 0 saturated heterocycles. The van der Waals surface area contributed by atoms with Crippen molar-refractivity contribution in [2.45, 2.75) is 45.3 Å². The van der Waals surface area contributed by atoms with Crippen LogP contribution in [-0.4, -0.2) is 37.3 Å². The fraction of sp³-hybridized carbons (Fsp3) is 0.269. The van der Waals surface area contributed by atoms with Gasteiger partial charge in [0.25, 0.3) is 0 Å². The van der Waals surface area contributed by atoms with E-state index >= 15 is 0 Å². The quantitative estimate of drug-likeness (QED) is 0.434. The number of aromatic nitrogens is 4. The average Bonchev–Trinajstić information content (AvgIpc) is 3.25. The lowest BCUT2D eigenvalue weighted by Crippen LogP contribution is -2.51. The molecule has 4 aromatic rings. The second kappa shape index (κ2) is 9.82. The van der Waals surface area contributed by atoms with Crippen LogP contribution in [0.1, 0.15) is 38.8 Å². The first-order valence-electron chi connectivity index (χ1n) is 11.3. The number of hydrogen-bond acceptors (Lipinski definition) is 5. The summed E-state index contributed by atoms with van der Waals surface area (Å²) >= 11 is 0. The molecule has 0 aliphatic rings. The Morgan fingerprint density at radius 3 is 2.38 bits per heavy atom. The highest BCUT2D eigenvalue weighted by molar-refractivity contribution is 6.01. The van der Waals surface area contributed by atoms with E-state index in [1.165, 1.54) is 4.90 Å². The van der Waals surface area contributed by atoms with Crippen LogP contribution in [0.2, 0.25) is 0 Å². The van der Waals surface area contributed by atoms with E-state index in [0.29, 0.717) is 16.8 Å². The number of amides is 2. The molecule has 0 aliphatic heterocycles. The summed E-state index contributed by atoms with van der Waals surface area (Å²) in [6.07, 6.45) is 3.99. The minimum absolute atomic E-state index is 0.0680. The summed E-state index contributed by atoms with van der Waals surface area (Å²) in [5.41, 5.74) is 2.30. The highest BCUT2D eigenvalue weighted by Crippen LogP contribution is 2.29. The van der Waals surface area contributed by atoms with Gasteiger partial charge in [0.2, 0.25) is 11.8 Å². The predicted molar refractivity (Wildman–Crippen MR) is 131 cm³/mol. The molecule has 2 amide bonds. The first-order valence-corrected chi connectivity index (χ1v) is 11.3. The Bertz CT molecular complexity index is 1270. The number of anilines is 1. The van der Waals surface area contributed by atoms with E-state index in [-0.39, 0.29) is 18.4 Å². The zero-order valence-electron chi connectivity index (χ0n) is 19.5. The maximum atomic E-state index is 13.9. The van der Waals surface area contributed by atoms with Crippen molar-refractivity contribution in [3.8, 4) is 0 Å². The summed E-state index contributed by atoms with van der Waals surface area (Å²) in [5.74, 6) is -0.549. The van der Waals surface area contributed by atoms with E-state index in [9.17, 15) is 9.59 Å². The molecule has 34 heavy (non-hydrogen) atoms. The third-order valence-corrected chi connectivity index (χ3v) is 5.88. The molecule has 0 fully saturated rings. The van der Waals surface area contributed by atoms with Crippen LogP contribution in [-0.2, 0) is 16.1 Å². The molecular weight excluding hydrogens is 428 g/mol. The molecule has 0 spiro atoms. The highest BCUT2D eigenvalue weighted by atomic mass is 16.2. The molecule has 2 heterocycles. The third kappa shape index (κ3) is 4.96. The number of benzene rings is 2. The van der Waals surface area contributed by atoms with Crippen LogP contribution in [0.4, 0.5) is 5.69 Å². The second-order valence-electron chi connectivity index (χ2n) is 8.74. The van der Waals surface area contributed by atoms with Crippen molar-refractivity contribution in [3.63, 3.8) is 0 Å². The van der Waals surface area contributed by atoms with Crippen LogP contribution in [0, 0.1) is 0 Å². The summed E-state index contributed by atoms with van der Waals surface area (Å²) in [6.45, 7) is 5.87. The molecule has 8 heteroatoms. The summed E-state index contributed by atoms with van der Waals surface area (Å²) in [7, 11) is 0. The Labute approximate surface area is 198 Å². The topological polar surface area (TPSA) is 93.0 Å². The Balaban J connectivity index is 1.78. The van der Waals surface area contributed by atoms with Gasteiger partial charge in [-0.25, -0.2) is 4.68 Å². The number of fused-ring (bicyclic) bond motifs is 1. The van der Waals surface area contributed by atoms with Gasteiger partial charge in [0.05, 0.1) is 5.52 Å². The zero-order chi connectivity index (χ0) is 24.1. The number of pyridine rings is 1. The number of para-hydroxylation sites is 2. The molecule has 1 N–H and O–H groups in total.